The Bertz CT molecular complexity index is 582. The van der Waals surface area contributed by atoms with Gasteiger partial charge < -0.3 is 11.1 Å². The van der Waals surface area contributed by atoms with Crippen LogP contribution in [0.4, 0.5) is 5.69 Å². The van der Waals surface area contributed by atoms with Crippen molar-refractivity contribution >= 4 is 34.8 Å². The van der Waals surface area contributed by atoms with Crippen LogP contribution in [0.5, 0.6) is 0 Å². The number of guanidine groups is 1. The number of nitrogens with zero attached hydrogens (tertiary/aromatic N) is 1. The average Bonchev–Trinajstić information content (AvgIpc) is 2.42. The summed E-state index contributed by atoms with van der Waals surface area (Å²) in [5, 5.41) is 4.06. The molecule has 0 radical (unpaired) electrons. The van der Waals surface area contributed by atoms with Gasteiger partial charge in [0, 0.05) is 5.02 Å². The smallest absolute Gasteiger partial charge is 0.193 e. The summed E-state index contributed by atoms with van der Waals surface area (Å²) in [4.78, 5) is 4.24. The van der Waals surface area contributed by atoms with Crippen LogP contribution in [0.3, 0.4) is 0 Å². The van der Waals surface area contributed by atoms with Crippen molar-refractivity contribution in [3.8, 4) is 0 Å². The summed E-state index contributed by atoms with van der Waals surface area (Å²) in [6.45, 7) is 0.512. The number of nitrogens with two attached hydrogens (primary N) is 1. The molecule has 5 heteroatoms. The predicted octanol–water partition coefficient (Wildman–Crippen LogP) is 3.92. The Morgan fingerprint density at radius 3 is 2.58 bits per heavy atom. The standard InChI is InChI=1S/C14H13Cl2N3/c15-11-6-7-12(16)13(8-11)19-14(17)18-9-10-4-2-1-3-5-10/h1-8H,9H2,(H3,17,18,19). The summed E-state index contributed by atoms with van der Waals surface area (Å²) in [6.07, 6.45) is 0. The maximum atomic E-state index is 6.03. The van der Waals surface area contributed by atoms with E-state index in [9.17, 15) is 0 Å². The summed E-state index contributed by atoms with van der Waals surface area (Å²) in [5.41, 5.74) is 7.54. The molecule has 2 aromatic rings. The normalized spacial score (nSPS) is 11.4. The molecule has 0 amide bonds. The first kappa shape index (κ1) is 13.7. The minimum Gasteiger partial charge on any atom is -0.370 e. The monoisotopic (exact) mass is 293 g/mol. The second kappa shape index (κ2) is 6.45. The van der Waals surface area contributed by atoms with Gasteiger partial charge in [0.15, 0.2) is 5.96 Å². The van der Waals surface area contributed by atoms with Gasteiger partial charge in [-0.25, -0.2) is 4.99 Å². The highest BCUT2D eigenvalue weighted by Gasteiger charge is 2.02. The number of hydrogen-bond acceptors (Lipinski definition) is 1. The Balaban J connectivity index is 2.04. The van der Waals surface area contributed by atoms with Crippen molar-refractivity contribution in [1.82, 2.24) is 0 Å². The lowest BCUT2D eigenvalue weighted by Crippen LogP contribution is -2.22. The van der Waals surface area contributed by atoms with Crippen molar-refractivity contribution in [2.24, 2.45) is 10.7 Å². The summed E-state index contributed by atoms with van der Waals surface area (Å²) in [5.74, 6) is 0.299. The number of benzene rings is 2. The quantitative estimate of drug-likeness (QED) is 0.666. The van der Waals surface area contributed by atoms with Gasteiger partial charge in [-0.15, -0.1) is 0 Å². The Labute approximate surface area is 122 Å². The SMILES string of the molecule is NC(=NCc1ccccc1)Nc1cc(Cl)ccc1Cl. The molecule has 2 rings (SSSR count). The predicted molar refractivity (Wildman–Crippen MR) is 81.9 cm³/mol. The Morgan fingerprint density at radius 2 is 1.84 bits per heavy atom. The minimum atomic E-state index is 0.299. The minimum absolute atomic E-state index is 0.299. The zero-order valence-corrected chi connectivity index (χ0v) is 11.6. The van der Waals surface area contributed by atoms with Crippen molar-refractivity contribution in [2.75, 3.05) is 5.32 Å². The molecule has 0 saturated carbocycles. The van der Waals surface area contributed by atoms with E-state index < -0.39 is 0 Å². The molecule has 0 aromatic heterocycles. The average molecular weight is 294 g/mol. The van der Waals surface area contributed by atoms with E-state index in [1.165, 1.54) is 0 Å². The zero-order chi connectivity index (χ0) is 13.7. The second-order valence-electron chi connectivity index (χ2n) is 3.94. The molecule has 0 saturated heterocycles. The summed E-state index contributed by atoms with van der Waals surface area (Å²) in [6, 6.07) is 15.0. The molecular formula is C14H13Cl2N3. The summed E-state index contributed by atoms with van der Waals surface area (Å²) >= 11 is 11.9. The fourth-order valence-electron chi connectivity index (χ4n) is 1.53. The molecular weight excluding hydrogens is 281 g/mol. The van der Waals surface area contributed by atoms with Crippen LogP contribution in [0.2, 0.25) is 10.0 Å². The second-order valence-corrected chi connectivity index (χ2v) is 4.78. The van der Waals surface area contributed by atoms with Gasteiger partial charge in [0.25, 0.3) is 0 Å². The molecule has 19 heavy (non-hydrogen) atoms. The Kier molecular flexibility index (Phi) is 4.66. The van der Waals surface area contributed by atoms with Crippen molar-refractivity contribution in [3.05, 3.63) is 64.1 Å². The van der Waals surface area contributed by atoms with Crippen LogP contribution < -0.4 is 11.1 Å². The van der Waals surface area contributed by atoms with Crippen molar-refractivity contribution in [1.29, 1.82) is 0 Å². The van der Waals surface area contributed by atoms with Gasteiger partial charge in [0.1, 0.15) is 0 Å². The zero-order valence-electron chi connectivity index (χ0n) is 10.1. The number of aliphatic imine (C=N–C) groups is 1. The van der Waals surface area contributed by atoms with Gasteiger partial charge >= 0.3 is 0 Å². The molecule has 98 valence electrons. The van der Waals surface area contributed by atoms with Gasteiger partial charge in [0.2, 0.25) is 0 Å². The number of rotatable bonds is 3. The van der Waals surface area contributed by atoms with Crippen molar-refractivity contribution in [2.45, 2.75) is 6.54 Å². The first-order valence-corrected chi connectivity index (χ1v) is 6.46. The third-order valence-electron chi connectivity index (χ3n) is 2.47. The largest absolute Gasteiger partial charge is 0.370 e. The molecule has 0 atom stereocenters. The highest BCUT2D eigenvalue weighted by Crippen LogP contribution is 2.25. The van der Waals surface area contributed by atoms with Gasteiger partial charge in [-0.1, -0.05) is 53.5 Å². The first-order valence-electron chi connectivity index (χ1n) is 5.71. The van der Waals surface area contributed by atoms with Gasteiger partial charge in [-0.05, 0) is 23.8 Å². The van der Waals surface area contributed by atoms with Crippen LogP contribution in [0.1, 0.15) is 5.56 Å². The van der Waals surface area contributed by atoms with E-state index in [0.717, 1.165) is 5.56 Å². The molecule has 0 heterocycles. The van der Waals surface area contributed by atoms with Crippen LogP contribution in [0, 0.1) is 0 Å². The fraction of sp³-hybridized carbons (Fsp3) is 0.0714. The molecule has 3 nitrogen and oxygen atoms in total. The number of halogens is 2. The lowest BCUT2D eigenvalue weighted by molar-refractivity contribution is 1.06. The molecule has 0 aliphatic carbocycles. The molecule has 0 bridgehead atoms. The summed E-state index contributed by atoms with van der Waals surface area (Å²) < 4.78 is 0. The third-order valence-corrected chi connectivity index (χ3v) is 3.03. The molecule has 0 aliphatic heterocycles. The van der Waals surface area contributed by atoms with Crippen molar-refractivity contribution in [3.63, 3.8) is 0 Å². The molecule has 0 spiro atoms. The van der Waals surface area contributed by atoms with Crippen LogP contribution in [-0.2, 0) is 6.54 Å². The maximum absolute atomic E-state index is 6.03. The first-order chi connectivity index (χ1) is 9.15. The van der Waals surface area contributed by atoms with Gasteiger partial charge in [-0.2, -0.15) is 0 Å². The lowest BCUT2D eigenvalue weighted by Gasteiger charge is -2.08. The van der Waals surface area contributed by atoms with Crippen LogP contribution in [0.15, 0.2) is 53.5 Å². The topological polar surface area (TPSA) is 50.4 Å². The Morgan fingerprint density at radius 1 is 1.11 bits per heavy atom. The van der Waals surface area contributed by atoms with E-state index in [1.807, 2.05) is 30.3 Å². The number of hydrogen-bond donors (Lipinski definition) is 2. The van der Waals surface area contributed by atoms with E-state index in [1.54, 1.807) is 18.2 Å². The lowest BCUT2D eigenvalue weighted by atomic mass is 10.2. The number of nitrogens with one attached hydrogen (secondary N) is 1. The fourth-order valence-corrected chi connectivity index (χ4v) is 1.87. The van der Waals surface area contributed by atoms with Gasteiger partial charge in [0.05, 0.1) is 17.3 Å². The Hall–Kier alpha value is -1.71. The van der Waals surface area contributed by atoms with E-state index in [2.05, 4.69) is 10.3 Å². The number of anilines is 1. The highest BCUT2D eigenvalue weighted by molar-refractivity contribution is 6.35. The molecule has 3 N–H and O–H groups in total. The van der Waals surface area contributed by atoms with Crippen LogP contribution >= 0.6 is 23.2 Å². The van der Waals surface area contributed by atoms with Crippen LogP contribution in [0.25, 0.3) is 0 Å². The molecule has 0 unspecified atom stereocenters. The van der Waals surface area contributed by atoms with E-state index in [4.69, 9.17) is 28.9 Å². The molecule has 2 aromatic carbocycles. The van der Waals surface area contributed by atoms with E-state index in [-0.39, 0.29) is 0 Å². The van der Waals surface area contributed by atoms with Crippen molar-refractivity contribution < 1.29 is 0 Å². The van der Waals surface area contributed by atoms with Gasteiger partial charge in [-0.3, -0.25) is 0 Å². The van der Waals surface area contributed by atoms with E-state index >= 15 is 0 Å². The van der Waals surface area contributed by atoms with Crippen LogP contribution in [-0.4, -0.2) is 5.96 Å². The maximum Gasteiger partial charge on any atom is 0.193 e. The third kappa shape index (κ3) is 4.16. The molecule has 0 fully saturated rings. The summed E-state index contributed by atoms with van der Waals surface area (Å²) in [7, 11) is 0. The molecule has 0 aliphatic rings. The highest BCUT2D eigenvalue weighted by atomic mass is 35.5. The van der Waals surface area contributed by atoms with E-state index in [0.29, 0.717) is 28.2 Å².